The van der Waals surface area contributed by atoms with Gasteiger partial charge in [-0.2, -0.15) is 0 Å². The number of carbonyl (C=O) groups is 4. The predicted molar refractivity (Wildman–Crippen MR) is 226 cm³/mol. The van der Waals surface area contributed by atoms with Crippen LogP contribution in [0.25, 0.3) is 33.5 Å². The highest BCUT2D eigenvalue weighted by Gasteiger charge is 2.66. The molecular formula is C45H58F3N9O4. The highest BCUT2D eigenvalue weighted by molar-refractivity contribution is 5.95. The molecule has 4 aromatic rings. The molecule has 4 heterocycles. The van der Waals surface area contributed by atoms with Crippen LogP contribution in [0.5, 0.6) is 0 Å². The van der Waals surface area contributed by atoms with Gasteiger partial charge in [-0.25, -0.2) is 18.2 Å². The molecule has 2 saturated heterocycles. The number of halogens is 3. The van der Waals surface area contributed by atoms with E-state index < -0.39 is 47.5 Å². The molecule has 0 bridgehead atoms. The molecule has 2 aromatic carbocycles. The minimum Gasteiger partial charge on any atom is -0.352 e. The summed E-state index contributed by atoms with van der Waals surface area (Å²) in [6.45, 7) is 9.91. The Bertz CT molecular complexity index is 2360. The van der Waals surface area contributed by atoms with Gasteiger partial charge in [-0.3, -0.25) is 19.2 Å². The topological polar surface area (TPSA) is 156 Å². The molecule has 16 heteroatoms. The second-order valence-corrected chi connectivity index (χ2v) is 18.5. The van der Waals surface area contributed by atoms with Crippen LogP contribution in [0.4, 0.5) is 13.2 Å². The Balaban J connectivity index is 1.19. The average molecular weight is 846 g/mol. The molecular weight excluding hydrogens is 788 g/mol. The zero-order valence-corrected chi connectivity index (χ0v) is 36.0. The zero-order valence-electron chi connectivity index (χ0n) is 36.0. The second-order valence-electron chi connectivity index (χ2n) is 18.5. The van der Waals surface area contributed by atoms with Gasteiger partial charge in [0.25, 0.3) is 0 Å². The van der Waals surface area contributed by atoms with Crippen LogP contribution in [0.3, 0.4) is 0 Å². The summed E-state index contributed by atoms with van der Waals surface area (Å²) in [5.41, 5.74) is 1.88. The second kappa shape index (κ2) is 16.4. The SMILES string of the molecule is CN[C@@H](C)C(=O)N[C@H](C(=O)N1C[C@@H](F)CC12CC2c1c(-c2nc3cc(F)ccc3n2C[C@@H]2C[C@H](C)CN2C(=O)[C@@H](NC(=O)[C@H](C)NC)C2CC2)[nH]c2cc(F)ccc12)C(C)C. The van der Waals surface area contributed by atoms with Crippen LogP contribution in [0.15, 0.2) is 36.4 Å². The van der Waals surface area contributed by atoms with E-state index in [0.717, 1.165) is 18.4 Å². The summed E-state index contributed by atoms with van der Waals surface area (Å²) in [6, 6.07) is 5.99. The van der Waals surface area contributed by atoms with E-state index in [1.54, 1.807) is 45.0 Å². The van der Waals surface area contributed by atoms with Gasteiger partial charge in [0, 0.05) is 42.4 Å². The molecule has 2 aliphatic heterocycles. The Morgan fingerprint density at radius 1 is 0.902 bits per heavy atom. The highest BCUT2D eigenvalue weighted by atomic mass is 19.1. The fourth-order valence-corrected chi connectivity index (χ4v) is 9.94. The van der Waals surface area contributed by atoms with E-state index in [-0.39, 0.29) is 66.3 Å². The number of alkyl halides is 1. The summed E-state index contributed by atoms with van der Waals surface area (Å²) in [5, 5.41) is 12.5. The van der Waals surface area contributed by atoms with Crippen molar-refractivity contribution in [3.63, 3.8) is 0 Å². The molecule has 13 nitrogen and oxygen atoms in total. The summed E-state index contributed by atoms with van der Waals surface area (Å²) in [7, 11) is 3.36. The summed E-state index contributed by atoms with van der Waals surface area (Å²) >= 11 is 0. The Labute approximate surface area is 353 Å². The molecule has 61 heavy (non-hydrogen) atoms. The molecule has 2 saturated carbocycles. The number of likely N-dealkylation sites (tertiary alicyclic amines) is 2. The third kappa shape index (κ3) is 7.90. The number of nitrogens with one attached hydrogen (secondary N) is 5. The van der Waals surface area contributed by atoms with Crippen molar-refractivity contribution in [3.8, 4) is 11.5 Å². The lowest BCUT2D eigenvalue weighted by Gasteiger charge is -2.32. The normalized spacial score (nSPS) is 25.7. The van der Waals surface area contributed by atoms with Crippen molar-refractivity contribution in [1.82, 2.24) is 45.6 Å². The minimum absolute atomic E-state index is 0.0554. The molecule has 2 unspecified atom stereocenters. The van der Waals surface area contributed by atoms with Crippen molar-refractivity contribution in [1.29, 1.82) is 0 Å². The van der Waals surface area contributed by atoms with Crippen molar-refractivity contribution >= 4 is 45.6 Å². The number of nitrogens with zero attached hydrogens (tertiary/aromatic N) is 4. The highest BCUT2D eigenvalue weighted by Crippen LogP contribution is 2.64. The summed E-state index contributed by atoms with van der Waals surface area (Å²) in [5.74, 6) is -2.00. The number of H-pyrrole nitrogens is 1. The first kappa shape index (κ1) is 42.7. The number of benzene rings is 2. The molecule has 4 amide bonds. The average Bonchev–Trinajstić information content (AvgIpc) is 4.03. The number of aromatic nitrogens is 3. The Hall–Kier alpha value is -4.96. The lowest BCUT2D eigenvalue weighted by Crippen LogP contribution is -2.56. The number of aromatic amines is 1. The third-order valence-corrected chi connectivity index (χ3v) is 13.7. The van der Waals surface area contributed by atoms with Crippen molar-refractivity contribution in [2.45, 2.75) is 121 Å². The van der Waals surface area contributed by atoms with E-state index in [1.165, 1.54) is 24.3 Å². The minimum atomic E-state index is -1.30. The molecule has 8 rings (SSSR count). The lowest BCUT2D eigenvalue weighted by molar-refractivity contribution is -0.139. The van der Waals surface area contributed by atoms with Gasteiger partial charge in [0.1, 0.15) is 29.9 Å². The number of rotatable bonds is 14. The maximum Gasteiger partial charge on any atom is 0.245 e. The van der Waals surface area contributed by atoms with E-state index in [0.29, 0.717) is 59.4 Å². The van der Waals surface area contributed by atoms with Gasteiger partial charge in [-0.15, -0.1) is 0 Å². The van der Waals surface area contributed by atoms with Crippen LogP contribution in [0.1, 0.15) is 78.2 Å². The maximum atomic E-state index is 15.8. The molecule has 1 spiro atoms. The number of imidazole rings is 1. The Morgan fingerprint density at radius 3 is 2.25 bits per heavy atom. The van der Waals surface area contributed by atoms with Crippen molar-refractivity contribution in [3.05, 3.63) is 53.6 Å². The van der Waals surface area contributed by atoms with Crippen LogP contribution in [-0.2, 0) is 25.7 Å². The monoisotopic (exact) mass is 845 g/mol. The fourth-order valence-electron chi connectivity index (χ4n) is 9.94. The van der Waals surface area contributed by atoms with Gasteiger partial charge in [-0.1, -0.05) is 20.8 Å². The largest absolute Gasteiger partial charge is 0.352 e. The predicted octanol–water partition coefficient (Wildman–Crippen LogP) is 4.75. The first-order valence-corrected chi connectivity index (χ1v) is 21.7. The number of hydrogen-bond donors (Lipinski definition) is 5. The number of likely N-dealkylation sites (N-methyl/N-ethyl adjacent to an activating group) is 2. The van der Waals surface area contributed by atoms with Gasteiger partial charge in [0.15, 0.2) is 5.82 Å². The molecule has 328 valence electrons. The number of carbonyl (C=O) groups excluding carboxylic acids is 4. The molecule has 0 radical (unpaired) electrons. The molecule has 2 aliphatic carbocycles. The van der Waals surface area contributed by atoms with E-state index in [9.17, 15) is 28.0 Å². The van der Waals surface area contributed by atoms with Crippen molar-refractivity contribution in [2.24, 2.45) is 17.8 Å². The standard InChI is InChI=1S/C45H58F3N9O4/c1-22(2)37(53-41(58)24(4)49-6)44(61)57-20-29(48)17-45(57)18-32(45)36-31-12-10-27(46)15-33(31)51-39(36)40-52-34-16-28(47)11-13-35(34)56(40)21-30-14-23(3)19-55(30)43(60)38(26-8-9-26)54-42(59)25(5)50-7/h10-13,15-16,22-26,29-30,32,37-38,49-51H,8-9,14,17-21H2,1-7H3,(H,53,58)(H,54,59)/t23-,24-,25-,29-,30-,32?,37-,38-,45?/m0/s1. The van der Waals surface area contributed by atoms with Crippen LogP contribution in [0.2, 0.25) is 0 Å². The van der Waals surface area contributed by atoms with Crippen molar-refractivity contribution in [2.75, 3.05) is 27.2 Å². The number of hydrogen-bond acceptors (Lipinski definition) is 7. The van der Waals surface area contributed by atoms with Gasteiger partial charge in [0.2, 0.25) is 23.6 Å². The Kier molecular flexibility index (Phi) is 11.5. The molecule has 2 aromatic heterocycles. The van der Waals surface area contributed by atoms with Gasteiger partial charge in [-0.05, 0) is 107 Å². The van der Waals surface area contributed by atoms with E-state index in [4.69, 9.17) is 4.98 Å². The van der Waals surface area contributed by atoms with Crippen LogP contribution in [-0.4, -0.2) is 117 Å². The molecule has 4 aliphatic rings. The lowest BCUT2D eigenvalue weighted by atomic mass is 9.98. The first-order valence-electron chi connectivity index (χ1n) is 21.7. The summed E-state index contributed by atoms with van der Waals surface area (Å²) < 4.78 is 47.6. The smallest absolute Gasteiger partial charge is 0.245 e. The molecule has 4 fully saturated rings. The van der Waals surface area contributed by atoms with Crippen LogP contribution >= 0.6 is 0 Å². The van der Waals surface area contributed by atoms with E-state index in [1.807, 2.05) is 23.3 Å². The number of amides is 4. The molecule has 9 atom stereocenters. The van der Waals surface area contributed by atoms with Gasteiger partial charge < -0.3 is 40.6 Å². The van der Waals surface area contributed by atoms with Crippen LogP contribution < -0.4 is 21.3 Å². The van der Waals surface area contributed by atoms with E-state index >= 15 is 4.39 Å². The van der Waals surface area contributed by atoms with Gasteiger partial charge in [0.05, 0.1) is 46.9 Å². The summed E-state index contributed by atoms with van der Waals surface area (Å²) in [6.07, 6.45) is 1.59. The first-order chi connectivity index (χ1) is 29.0. The van der Waals surface area contributed by atoms with Crippen LogP contribution in [0, 0.1) is 29.4 Å². The number of fused-ring (bicyclic) bond motifs is 2. The summed E-state index contributed by atoms with van der Waals surface area (Å²) in [4.78, 5) is 66.9. The van der Waals surface area contributed by atoms with Gasteiger partial charge >= 0.3 is 0 Å². The quantitative estimate of drug-likeness (QED) is 0.123. The maximum absolute atomic E-state index is 15.8. The Morgan fingerprint density at radius 2 is 1.57 bits per heavy atom. The molecule has 5 N–H and O–H groups in total. The fraction of sp³-hybridized carbons (Fsp3) is 0.578. The third-order valence-electron chi connectivity index (χ3n) is 13.7. The van der Waals surface area contributed by atoms with E-state index in [2.05, 4.69) is 33.2 Å². The zero-order chi connectivity index (χ0) is 43.7. The van der Waals surface area contributed by atoms with Crippen molar-refractivity contribution < 1.29 is 32.3 Å².